The van der Waals surface area contributed by atoms with Crippen LogP contribution in [-0.4, -0.2) is 13.7 Å². The van der Waals surface area contributed by atoms with E-state index in [0.29, 0.717) is 15.9 Å². The fraction of sp³-hybridized carbons (Fsp3) is 0.0400. The predicted molar refractivity (Wildman–Crippen MR) is 129 cm³/mol. The van der Waals surface area contributed by atoms with Gasteiger partial charge in [-0.25, -0.2) is 0 Å². The van der Waals surface area contributed by atoms with Crippen molar-refractivity contribution in [2.75, 3.05) is 0 Å². The van der Waals surface area contributed by atoms with Gasteiger partial charge in [0.25, 0.3) is 0 Å². The van der Waals surface area contributed by atoms with Gasteiger partial charge in [0, 0.05) is 0 Å². The van der Waals surface area contributed by atoms with Crippen molar-refractivity contribution in [2.24, 2.45) is 0 Å². The van der Waals surface area contributed by atoms with Gasteiger partial charge < -0.3 is 0 Å². The van der Waals surface area contributed by atoms with Gasteiger partial charge in [0.2, 0.25) is 0 Å². The Morgan fingerprint density at radius 1 is 0.594 bits per heavy atom. The van der Waals surface area contributed by atoms with Crippen LogP contribution in [0.4, 0.5) is 0 Å². The molecule has 0 amide bonds. The molecule has 0 aliphatic carbocycles. The van der Waals surface area contributed by atoms with Crippen molar-refractivity contribution in [3.05, 3.63) is 127 Å². The Kier molecular flexibility index (Phi) is 6.24. The summed E-state index contributed by atoms with van der Waals surface area (Å²) in [6, 6.07) is 37.5. The summed E-state index contributed by atoms with van der Waals surface area (Å²) in [5.74, 6) is 0. The first-order chi connectivity index (χ1) is 15.5. The normalized spacial score (nSPS) is 13.2. The molecule has 0 unspecified atom stereocenters. The van der Waals surface area contributed by atoms with Crippen LogP contribution in [-0.2, 0) is 24.9 Å². The van der Waals surface area contributed by atoms with Crippen molar-refractivity contribution in [1.29, 1.82) is 0 Å². The Bertz CT molecular complexity index is 1170. The van der Waals surface area contributed by atoms with Gasteiger partial charge in [-0.1, -0.05) is 0 Å². The fourth-order valence-electron chi connectivity index (χ4n) is 4.25. The van der Waals surface area contributed by atoms with E-state index in [1.807, 2.05) is 121 Å². The van der Waals surface area contributed by atoms with Crippen molar-refractivity contribution in [3.63, 3.8) is 0 Å². The summed E-state index contributed by atoms with van der Waals surface area (Å²) in [4.78, 5) is 0. The Labute approximate surface area is 188 Å². The summed E-state index contributed by atoms with van der Waals surface area (Å²) >= 11 is 0. The molecular weight excluding hydrogens is 443 g/mol. The zero-order chi connectivity index (χ0) is 22.5. The molecule has 0 saturated carbocycles. The molecule has 0 saturated heterocycles. The summed E-state index contributed by atoms with van der Waals surface area (Å²) in [6.45, 7) is -4.27. The van der Waals surface area contributed by atoms with E-state index in [4.69, 9.17) is 3.97 Å². The molecule has 1 N–H and O–H groups in total. The topological polar surface area (TPSA) is 72.8 Å². The van der Waals surface area contributed by atoms with Crippen LogP contribution in [0.15, 0.2) is 121 Å². The first-order valence-corrected chi connectivity index (χ1v) is 13.7. The monoisotopic (exact) mass is 466 g/mol. The molecule has 0 atom stereocenters. The summed E-state index contributed by atoms with van der Waals surface area (Å²) in [5.41, 5.74) is 0.884. The van der Waals surface area contributed by atoms with Gasteiger partial charge in [-0.2, -0.15) is 0 Å². The molecule has 0 fully saturated rings. The molecular formula is C25H23O5PS. The molecule has 0 heterocycles. The van der Waals surface area contributed by atoms with E-state index in [2.05, 4.69) is 4.33 Å². The van der Waals surface area contributed by atoms with E-state index in [1.165, 1.54) is 0 Å². The molecule has 32 heavy (non-hydrogen) atoms. The van der Waals surface area contributed by atoms with Gasteiger partial charge in [0.15, 0.2) is 0 Å². The van der Waals surface area contributed by atoms with Gasteiger partial charge in [-0.15, -0.1) is 0 Å². The maximum atomic E-state index is 12.9. The third-order valence-corrected chi connectivity index (χ3v) is 13.0. The number of rotatable bonds is 8. The first-order valence-electron chi connectivity index (χ1n) is 10.0. The average molecular weight is 466 g/mol. The summed E-state index contributed by atoms with van der Waals surface area (Å²) in [5, 5.41) is 11.4. The third kappa shape index (κ3) is 3.88. The van der Waals surface area contributed by atoms with E-state index in [0.717, 1.165) is 5.56 Å². The zero-order valence-corrected chi connectivity index (χ0v) is 18.9. The molecule has 0 aliphatic heterocycles. The van der Waals surface area contributed by atoms with Crippen LogP contribution in [0.25, 0.3) is 0 Å². The average Bonchev–Trinajstić information content (AvgIpc) is 2.86. The van der Waals surface area contributed by atoms with Crippen molar-refractivity contribution < 1.29 is 22.0 Å². The molecule has 0 aliphatic rings. The Morgan fingerprint density at radius 3 is 1.28 bits per heavy atom. The molecule has 0 spiro atoms. The second-order valence-electron chi connectivity index (χ2n) is 7.42. The second kappa shape index (κ2) is 8.94. The van der Waals surface area contributed by atoms with Gasteiger partial charge >= 0.3 is 188 Å². The Morgan fingerprint density at radius 2 is 0.938 bits per heavy atom. The molecule has 164 valence electrons. The molecule has 4 rings (SSSR count). The molecule has 0 aromatic heterocycles. The number of hydrogen-bond acceptors (Lipinski definition) is 5. The first kappa shape index (κ1) is 22.3. The van der Waals surface area contributed by atoms with E-state index in [-0.39, 0.29) is 6.16 Å². The van der Waals surface area contributed by atoms with Crippen LogP contribution in [0, 0.1) is 0 Å². The molecule has 4 aromatic carbocycles. The second-order valence-corrected chi connectivity index (χ2v) is 13.3. The molecule has 4 aromatic rings. The van der Waals surface area contributed by atoms with E-state index >= 15 is 0 Å². The molecule has 0 radical (unpaired) electrons. The Balaban J connectivity index is 2.23. The SMILES string of the molecule is O=S(=O)(OO)OP(Cc1ccccc1)(c1ccccc1)(c1ccccc1)c1ccccc1. The van der Waals surface area contributed by atoms with Crippen molar-refractivity contribution in [1.82, 2.24) is 0 Å². The molecule has 5 nitrogen and oxygen atoms in total. The minimum absolute atomic E-state index is 0.243. The van der Waals surface area contributed by atoms with Gasteiger partial charge in [0.1, 0.15) is 0 Å². The standard InChI is InChI=1S/C25H23O5PS/c26-29-32(27,28)30-31(23-15-7-2-8-16-23,24-17-9-3-10-18-24,25-19-11-4-12-20-25)21-22-13-5-1-6-14-22/h1-20,26H,21H2. The summed E-state index contributed by atoms with van der Waals surface area (Å²) < 4.78 is 35.8. The maximum absolute atomic E-state index is 12.9. The van der Waals surface area contributed by atoms with Crippen LogP contribution in [0.2, 0.25) is 0 Å². The quantitative estimate of drug-likeness (QED) is 0.237. The van der Waals surface area contributed by atoms with Crippen LogP contribution >= 0.6 is 6.83 Å². The zero-order valence-electron chi connectivity index (χ0n) is 17.2. The molecule has 0 bridgehead atoms. The third-order valence-electron chi connectivity index (χ3n) is 5.58. The minimum atomic E-state index is -4.79. The van der Waals surface area contributed by atoms with Crippen molar-refractivity contribution >= 4 is 33.1 Å². The van der Waals surface area contributed by atoms with E-state index in [1.54, 1.807) is 0 Å². The molecule has 7 heteroatoms. The number of benzene rings is 4. The Hall–Kier alpha value is -2.86. The van der Waals surface area contributed by atoms with Crippen LogP contribution in [0.3, 0.4) is 0 Å². The van der Waals surface area contributed by atoms with Gasteiger partial charge in [-0.05, 0) is 0 Å². The van der Waals surface area contributed by atoms with Gasteiger partial charge in [-0.3, -0.25) is 0 Å². The van der Waals surface area contributed by atoms with E-state index in [9.17, 15) is 13.7 Å². The van der Waals surface area contributed by atoms with E-state index < -0.39 is 17.2 Å². The predicted octanol–water partition coefficient (Wildman–Crippen LogP) is 4.38. The number of hydrogen-bond donors (Lipinski definition) is 1. The van der Waals surface area contributed by atoms with Gasteiger partial charge in [0.05, 0.1) is 0 Å². The van der Waals surface area contributed by atoms with Crippen molar-refractivity contribution in [3.8, 4) is 0 Å². The fourth-order valence-corrected chi connectivity index (χ4v) is 12.0. The van der Waals surface area contributed by atoms with Crippen LogP contribution < -0.4 is 15.9 Å². The summed E-state index contributed by atoms with van der Waals surface area (Å²) in [7, 11) is -4.79. The van der Waals surface area contributed by atoms with Crippen LogP contribution in [0.5, 0.6) is 0 Å². The van der Waals surface area contributed by atoms with Crippen molar-refractivity contribution in [2.45, 2.75) is 6.16 Å². The summed E-state index contributed by atoms with van der Waals surface area (Å²) in [6.07, 6.45) is 0.243. The van der Waals surface area contributed by atoms with Crippen LogP contribution in [0.1, 0.15) is 5.56 Å².